The van der Waals surface area contributed by atoms with Crippen LogP contribution in [0.4, 0.5) is 20.3 Å². The second-order valence-corrected chi connectivity index (χ2v) is 7.63. The highest BCUT2D eigenvalue weighted by Crippen LogP contribution is 2.32. The van der Waals surface area contributed by atoms with Crippen LogP contribution < -0.4 is 15.8 Å². The zero-order valence-corrected chi connectivity index (χ0v) is 16.4. The number of anilines is 2. The summed E-state index contributed by atoms with van der Waals surface area (Å²) in [5, 5.41) is 16.0. The van der Waals surface area contributed by atoms with Gasteiger partial charge in [0.05, 0.1) is 6.04 Å². The van der Waals surface area contributed by atoms with Crippen molar-refractivity contribution in [2.24, 2.45) is 5.73 Å². The molecule has 2 fully saturated rings. The summed E-state index contributed by atoms with van der Waals surface area (Å²) >= 11 is 0. The Kier molecular flexibility index (Phi) is 5.67. The Hall–Kier alpha value is -3.01. The number of nitrogens with two attached hydrogens (primary N) is 1. The van der Waals surface area contributed by atoms with Crippen molar-refractivity contribution < 1.29 is 18.3 Å². The van der Waals surface area contributed by atoms with Gasteiger partial charge in [-0.1, -0.05) is 0 Å². The molecule has 1 aromatic carbocycles. The van der Waals surface area contributed by atoms with Gasteiger partial charge >= 0.3 is 6.61 Å². The van der Waals surface area contributed by atoms with Crippen LogP contribution in [0.5, 0.6) is 5.75 Å². The highest BCUT2D eigenvalue weighted by molar-refractivity contribution is 5.98. The van der Waals surface area contributed by atoms with Crippen molar-refractivity contribution in [3.8, 4) is 5.75 Å². The first kappa shape index (κ1) is 20.3. The third kappa shape index (κ3) is 4.28. The number of amides is 1. The number of alkyl halides is 2. The molecule has 1 saturated carbocycles. The highest BCUT2D eigenvalue weighted by atomic mass is 19.3. The lowest BCUT2D eigenvalue weighted by molar-refractivity contribution is -0.0498. The van der Waals surface area contributed by atoms with Crippen molar-refractivity contribution in [2.75, 3.05) is 18.4 Å². The fourth-order valence-corrected chi connectivity index (χ4v) is 4.01. The van der Waals surface area contributed by atoms with Crippen molar-refractivity contribution >= 4 is 23.1 Å². The number of carbonyl (C=O) groups is 1. The summed E-state index contributed by atoms with van der Waals surface area (Å²) in [5.74, 6) is -0.339. The Bertz CT molecular complexity index is 926. The molecule has 4 N–H and O–H groups in total. The van der Waals surface area contributed by atoms with Gasteiger partial charge in [0, 0.05) is 30.1 Å². The molecule has 0 spiro atoms. The molecule has 30 heavy (non-hydrogen) atoms. The minimum absolute atomic E-state index is 0.0311. The van der Waals surface area contributed by atoms with Gasteiger partial charge in [-0.05, 0) is 56.6 Å². The van der Waals surface area contributed by atoms with Gasteiger partial charge in [-0.25, -0.2) is 0 Å². The summed E-state index contributed by atoms with van der Waals surface area (Å²) in [6.07, 6.45) is 5.25. The van der Waals surface area contributed by atoms with E-state index in [4.69, 9.17) is 11.1 Å². The van der Waals surface area contributed by atoms with Crippen LogP contribution in [0, 0.1) is 5.41 Å². The van der Waals surface area contributed by atoms with Gasteiger partial charge in [0.25, 0.3) is 5.91 Å². The van der Waals surface area contributed by atoms with E-state index in [1.165, 1.54) is 18.6 Å². The normalized spacial score (nSPS) is 22.0. The Morgan fingerprint density at radius 1 is 1.27 bits per heavy atom. The monoisotopic (exact) mass is 418 g/mol. The maximum atomic E-state index is 12.3. The first-order valence-electron chi connectivity index (χ1n) is 9.93. The maximum Gasteiger partial charge on any atom is 0.387 e. The van der Waals surface area contributed by atoms with Crippen LogP contribution in [0.1, 0.15) is 42.1 Å². The van der Waals surface area contributed by atoms with Crippen LogP contribution in [0.25, 0.3) is 0 Å². The molecule has 2 heterocycles. The lowest BCUT2D eigenvalue weighted by Gasteiger charge is -2.42. The van der Waals surface area contributed by atoms with E-state index in [-0.39, 0.29) is 23.2 Å². The smallest absolute Gasteiger partial charge is 0.387 e. The average molecular weight is 418 g/mol. The van der Waals surface area contributed by atoms with Crippen molar-refractivity contribution in [2.45, 2.75) is 44.4 Å². The summed E-state index contributed by atoms with van der Waals surface area (Å²) in [5.41, 5.74) is 6.86. The van der Waals surface area contributed by atoms with Crippen LogP contribution in [0.15, 0.2) is 30.5 Å². The van der Waals surface area contributed by atoms with E-state index in [2.05, 4.69) is 20.1 Å². The molecule has 0 bridgehead atoms. The van der Waals surface area contributed by atoms with Gasteiger partial charge in [0.1, 0.15) is 11.3 Å². The average Bonchev–Trinajstić information content (AvgIpc) is 3.05. The molecule has 2 atom stereocenters. The number of likely N-dealkylation sites (tertiary alicyclic amines) is 1. The van der Waals surface area contributed by atoms with Gasteiger partial charge in [-0.2, -0.15) is 13.9 Å². The molecule has 2 aliphatic rings. The Labute approximate surface area is 172 Å². The van der Waals surface area contributed by atoms with E-state index in [0.717, 1.165) is 25.9 Å². The van der Waals surface area contributed by atoms with E-state index < -0.39 is 12.5 Å². The topological polar surface area (TPSA) is 109 Å². The highest BCUT2D eigenvalue weighted by Gasteiger charge is 2.33. The van der Waals surface area contributed by atoms with Crippen LogP contribution in [0.3, 0.4) is 0 Å². The van der Waals surface area contributed by atoms with E-state index in [9.17, 15) is 13.6 Å². The fraction of sp³-hybridized carbons (Fsp3) is 0.450. The first-order chi connectivity index (χ1) is 14.4. The van der Waals surface area contributed by atoms with Crippen molar-refractivity contribution in [1.29, 1.82) is 5.41 Å². The van der Waals surface area contributed by atoms with Crippen LogP contribution in [0.2, 0.25) is 0 Å². The summed E-state index contributed by atoms with van der Waals surface area (Å²) in [7, 11) is 0. The van der Waals surface area contributed by atoms with E-state index in [1.54, 1.807) is 23.0 Å². The molecular formula is C20H24F2N6O2. The standard InChI is InChI=1S/C20H24F2N6O2/c21-20(22)30-14-5-2-12(3-6-14)25-19-15(18(24)29)11-28(26-19)17-7-4-13(10-16(17)23)27-8-1-9-27/h2-3,5-6,11,13,17,20,23H,1,4,7-10H2,(H2,24,29)(H,25,26)/t13-,17-/m0/s1. The third-order valence-corrected chi connectivity index (χ3v) is 5.70. The molecule has 1 aliphatic carbocycles. The van der Waals surface area contributed by atoms with E-state index in [1.807, 2.05) is 0 Å². The zero-order chi connectivity index (χ0) is 21.3. The van der Waals surface area contributed by atoms with Crippen LogP contribution in [-0.2, 0) is 0 Å². The van der Waals surface area contributed by atoms with E-state index in [0.29, 0.717) is 23.9 Å². The van der Waals surface area contributed by atoms with E-state index >= 15 is 0 Å². The number of benzene rings is 1. The number of carbonyl (C=O) groups excluding carboxylic acids is 1. The molecule has 10 heteroatoms. The molecule has 1 aliphatic heterocycles. The second kappa shape index (κ2) is 8.39. The lowest BCUT2D eigenvalue weighted by Crippen LogP contribution is -2.48. The molecule has 1 aromatic heterocycles. The fourth-order valence-electron chi connectivity index (χ4n) is 4.01. The maximum absolute atomic E-state index is 12.3. The molecule has 0 unspecified atom stereocenters. The minimum Gasteiger partial charge on any atom is -0.435 e. The molecule has 1 amide bonds. The number of ether oxygens (including phenoxy) is 1. The predicted octanol–water partition coefficient (Wildman–Crippen LogP) is 3.15. The summed E-state index contributed by atoms with van der Waals surface area (Å²) in [6.45, 7) is -0.691. The zero-order valence-electron chi connectivity index (χ0n) is 16.4. The summed E-state index contributed by atoms with van der Waals surface area (Å²) in [6, 6.07) is 6.08. The lowest BCUT2D eigenvalue weighted by atomic mass is 9.87. The van der Waals surface area contributed by atoms with Gasteiger partial charge in [0.15, 0.2) is 5.82 Å². The van der Waals surface area contributed by atoms with Crippen molar-refractivity contribution in [3.05, 3.63) is 36.0 Å². The molecule has 160 valence electrons. The molecule has 1 saturated heterocycles. The summed E-state index contributed by atoms with van der Waals surface area (Å²) < 4.78 is 30.5. The molecule has 8 nitrogen and oxygen atoms in total. The molecule has 2 aromatic rings. The number of nitrogens with one attached hydrogen (secondary N) is 2. The number of rotatable bonds is 7. The minimum atomic E-state index is -2.90. The van der Waals surface area contributed by atoms with Gasteiger partial charge in [0.2, 0.25) is 0 Å². The number of nitrogens with zero attached hydrogens (tertiary/aromatic N) is 3. The summed E-state index contributed by atoms with van der Waals surface area (Å²) in [4.78, 5) is 14.3. The molecular weight excluding hydrogens is 394 g/mol. The number of primary amides is 1. The van der Waals surface area contributed by atoms with Crippen LogP contribution >= 0.6 is 0 Å². The van der Waals surface area contributed by atoms with Gasteiger partial charge in [-0.15, -0.1) is 0 Å². The quantitative estimate of drug-likeness (QED) is 0.640. The van der Waals surface area contributed by atoms with Crippen molar-refractivity contribution in [3.63, 3.8) is 0 Å². The Morgan fingerprint density at radius 3 is 2.57 bits per heavy atom. The largest absolute Gasteiger partial charge is 0.435 e. The van der Waals surface area contributed by atoms with Crippen molar-refractivity contribution in [1.82, 2.24) is 14.7 Å². The van der Waals surface area contributed by atoms with Gasteiger partial charge < -0.3 is 21.2 Å². The number of hydrogen-bond acceptors (Lipinski definition) is 6. The SMILES string of the molecule is N=C1C[C@@H](N2CCC2)CC[C@@H]1n1cc(C(N)=O)c(Nc2ccc(OC(F)F)cc2)n1. The third-order valence-electron chi connectivity index (χ3n) is 5.70. The number of hydrogen-bond donors (Lipinski definition) is 3. The Balaban J connectivity index is 1.49. The number of halogens is 2. The van der Waals surface area contributed by atoms with Gasteiger partial charge in [-0.3, -0.25) is 14.4 Å². The first-order valence-corrected chi connectivity index (χ1v) is 9.93. The van der Waals surface area contributed by atoms with Crippen LogP contribution in [-0.4, -0.2) is 52.0 Å². The predicted molar refractivity (Wildman–Crippen MR) is 108 cm³/mol. The Morgan fingerprint density at radius 2 is 2.00 bits per heavy atom. The second-order valence-electron chi connectivity index (χ2n) is 7.63. The molecule has 0 radical (unpaired) electrons. The number of aromatic nitrogens is 2. The molecule has 4 rings (SSSR count).